The molecule has 0 amide bonds. The van der Waals surface area contributed by atoms with E-state index in [0.29, 0.717) is 24.7 Å². The van der Waals surface area contributed by atoms with E-state index in [-0.39, 0.29) is 5.82 Å². The molecule has 20 heavy (non-hydrogen) atoms. The third-order valence-corrected chi connectivity index (χ3v) is 3.43. The molecule has 0 fully saturated rings. The lowest BCUT2D eigenvalue weighted by atomic mass is 10.3. The standard InChI is InChI=1S/C13H11FN4OS/c14-10-3-5-11(6-4-10)19-8-7-18-16-13(15-17-18)12-2-1-9-20-12/h1-6,9H,7-8H2. The van der Waals surface area contributed by atoms with Crippen LogP contribution in [0.25, 0.3) is 10.7 Å². The Labute approximate surface area is 118 Å². The monoisotopic (exact) mass is 290 g/mol. The third-order valence-electron chi connectivity index (χ3n) is 2.57. The van der Waals surface area contributed by atoms with Crippen LogP contribution < -0.4 is 4.74 Å². The summed E-state index contributed by atoms with van der Waals surface area (Å²) < 4.78 is 18.2. The average molecular weight is 290 g/mol. The second kappa shape index (κ2) is 5.79. The fraction of sp³-hybridized carbons (Fsp3) is 0.154. The van der Waals surface area contributed by atoms with Crippen LogP contribution in [0.4, 0.5) is 4.39 Å². The molecule has 0 radical (unpaired) electrons. The topological polar surface area (TPSA) is 52.8 Å². The zero-order valence-electron chi connectivity index (χ0n) is 10.4. The molecular formula is C13H11FN4OS. The van der Waals surface area contributed by atoms with Crippen LogP contribution in [0.5, 0.6) is 5.75 Å². The van der Waals surface area contributed by atoms with Crippen LogP contribution in [0.15, 0.2) is 41.8 Å². The first-order valence-electron chi connectivity index (χ1n) is 6.01. The second-order valence-electron chi connectivity index (χ2n) is 3.99. The lowest BCUT2D eigenvalue weighted by Crippen LogP contribution is -2.11. The van der Waals surface area contributed by atoms with Crippen molar-refractivity contribution >= 4 is 11.3 Å². The molecule has 0 N–H and O–H groups in total. The van der Waals surface area contributed by atoms with Gasteiger partial charge >= 0.3 is 0 Å². The molecule has 2 heterocycles. The molecule has 0 aliphatic heterocycles. The summed E-state index contributed by atoms with van der Waals surface area (Å²) in [6, 6.07) is 9.78. The van der Waals surface area contributed by atoms with Crippen molar-refractivity contribution in [1.29, 1.82) is 0 Å². The number of aromatic nitrogens is 4. The molecule has 7 heteroatoms. The van der Waals surface area contributed by atoms with Gasteiger partial charge in [0.15, 0.2) is 0 Å². The van der Waals surface area contributed by atoms with E-state index in [1.807, 2.05) is 17.5 Å². The van der Waals surface area contributed by atoms with E-state index in [1.54, 1.807) is 23.5 Å². The number of thiophene rings is 1. The summed E-state index contributed by atoms with van der Waals surface area (Å²) >= 11 is 1.57. The molecule has 0 saturated heterocycles. The van der Waals surface area contributed by atoms with Gasteiger partial charge in [-0.25, -0.2) is 4.39 Å². The molecule has 3 rings (SSSR count). The number of tetrazole rings is 1. The third kappa shape index (κ3) is 3.00. The van der Waals surface area contributed by atoms with Crippen LogP contribution >= 0.6 is 11.3 Å². The highest BCUT2D eigenvalue weighted by atomic mass is 32.1. The number of ether oxygens (including phenoxy) is 1. The van der Waals surface area contributed by atoms with Crippen LogP contribution in [0.3, 0.4) is 0 Å². The maximum Gasteiger partial charge on any atom is 0.214 e. The van der Waals surface area contributed by atoms with Crippen molar-refractivity contribution in [3.63, 3.8) is 0 Å². The number of nitrogens with zero attached hydrogens (tertiary/aromatic N) is 4. The zero-order chi connectivity index (χ0) is 13.8. The Kier molecular flexibility index (Phi) is 3.69. The van der Waals surface area contributed by atoms with E-state index in [0.717, 1.165) is 4.88 Å². The van der Waals surface area contributed by atoms with E-state index in [2.05, 4.69) is 15.4 Å². The minimum atomic E-state index is -0.282. The first-order chi connectivity index (χ1) is 9.81. The maximum absolute atomic E-state index is 12.7. The Hall–Kier alpha value is -2.28. The molecule has 0 unspecified atom stereocenters. The van der Waals surface area contributed by atoms with Gasteiger partial charge in [0.1, 0.15) is 18.2 Å². The summed E-state index contributed by atoms with van der Waals surface area (Å²) in [4.78, 5) is 2.47. The number of hydrogen-bond acceptors (Lipinski definition) is 5. The van der Waals surface area contributed by atoms with Crippen LogP contribution in [0.2, 0.25) is 0 Å². The van der Waals surface area contributed by atoms with Gasteiger partial charge in [0.2, 0.25) is 5.82 Å². The minimum absolute atomic E-state index is 0.282. The average Bonchev–Trinajstić information content (AvgIpc) is 3.11. The molecule has 0 aliphatic carbocycles. The molecule has 102 valence electrons. The van der Waals surface area contributed by atoms with E-state index in [4.69, 9.17) is 4.74 Å². The Morgan fingerprint density at radius 2 is 2.05 bits per heavy atom. The zero-order valence-corrected chi connectivity index (χ0v) is 11.3. The van der Waals surface area contributed by atoms with Gasteiger partial charge in [0, 0.05) is 0 Å². The molecule has 0 aliphatic rings. The first kappa shape index (κ1) is 12.7. The van der Waals surface area contributed by atoms with Gasteiger partial charge < -0.3 is 4.74 Å². The summed E-state index contributed by atoms with van der Waals surface area (Å²) in [5.41, 5.74) is 0. The van der Waals surface area contributed by atoms with Crippen molar-refractivity contribution in [2.45, 2.75) is 6.54 Å². The molecular weight excluding hydrogens is 279 g/mol. The van der Waals surface area contributed by atoms with Gasteiger partial charge in [-0.2, -0.15) is 4.80 Å². The van der Waals surface area contributed by atoms with Gasteiger partial charge in [-0.1, -0.05) is 6.07 Å². The molecule has 5 nitrogen and oxygen atoms in total. The molecule has 0 bridgehead atoms. The molecule has 2 aromatic heterocycles. The SMILES string of the molecule is Fc1ccc(OCCn2nnc(-c3cccs3)n2)cc1. The van der Waals surface area contributed by atoms with Crippen LogP contribution in [0.1, 0.15) is 0 Å². The summed E-state index contributed by atoms with van der Waals surface area (Å²) in [5, 5.41) is 14.2. The second-order valence-corrected chi connectivity index (χ2v) is 4.94. The predicted octanol–water partition coefficient (Wildman–Crippen LogP) is 2.62. The highest BCUT2D eigenvalue weighted by molar-refractivity contribution is 7.13. The van der Waals surface area contributed by atoms with Crippen molar-refractivity contribution in [1.82, 2.24) is 20.2 Å². The normalized spacial score (nSPS) is 10.7. The molecule has 0 spiro atoms. The Morgan fingerprint density at radius 3 is 2.80 bits per heavy atom. The molecule has 0 atom stereocenters. The molecule has 3 aromatic rings. The van der Waals surface area contributed by atoms with E-state index in [1.165, 1.54) is 16.9 Å². The van der Waals surface area contributed by atoms with Gasteiger partial charge in [-0.05, 0) is 40.9 Å². The van der Waals surface area contributed by atoms with Crippen molar-refractivity contribution in [2.24, 2.45) is 0 Å². The molecule has 1 aromatic carbocycles. The van der Waals surface area contributed by atoms with Crippen molar-refractivity contribution in [3.8, 4) is 16.5 Å². The highest BCUT2D eigenvalue weighted by Crippen LogP contribution is 2.19. The largest absolute Gasteiger partial charge is 0.492 e. The predicted molar refractivity (Wildman–Crippen MR) is 73.0 cm³/mol. The smallest absolute Gasteiger partial charge is 0.214 e. The summed E-state index contributed by atoms with van der Waals surface area (Å²) in [6.07, 6.45) is 0. The summed E-state index contributed by atoms with van der Waals surface area (Å²) in [7, 11) is 0. The minimum Gasteiger partial charge on any atom is -0.492 e. The van der Waals surface area contributed by atoms with Crippen LogP contribution in [-0.4, -0.2) is 26.8 Å². The Morgan fingerprint density at radius 1 is 1.20 bits per heavy atom. The van der Waals surface area contributed by atoms with Gasteiger partial charge in [0.25, 0.3) is 0 Å². The van der Waals surface area contributed by atoms with Crippen molar-refractivity contribution < 1.29 is 9.13 Å². The van der Waals surface area contributed by atoms with Gasteiger partial charge in [0.05, 0.1) is 11.4 Å². The quantitative estimate of drug-likeness (QED) is 0.725. The fourth-order valence-corrected chi connectivity index (χ4v) is 2.27. The Balaban J connectivity index is 1.55. The first-order valence-corrected chi connectivity index (χ1v) is 6.89. The van der Waals surface area contributed by atoms with Crippen molar-refractivity contribution in [2.75, 3.05) is 6.61 Å². The van der Waals surface area contributed by atoms with E-state index >= 15 is 0 Å². The summed E-state index contributed by atoms with van der Waals surface area (Å²) in [6.45, 7) is 0.877. The van der Waals surface area contributed by atoms with E-state index < -0.39 is 0 Å². The maximum atomic E-state index is 12.7. The van der Waals surface area contributed by atoms with Crippen LogP contribution in [-0.2, 0) is 6.54 Å². The molecule has 0 saturated carbocycles. The number of benzene rings is 1. The lowest BCUT2D eigenvalue weighted by molar-refractivity contribution is 0.280. The highest BCUT2D eigenvalue weighted by Gasteiger charge is 2.06. The van der Waals surface area contributed by atoms with Crippen LogP contribution in [0, 0.1) is 5.82 Å². The lowest BCUT2D eigenvalue weighted by Gasteiger charge is -2.04. The fourth-order valence-electron chi connectivity index (χ4n) is 1.62. The van der Waals surface area contributed by atoms with Gasteiger partial charge in [-0.15, -0.1) is 21.5 Å². The number of rotatable bonds is 5. The Bertz CT molecular complexity index is 666. The van der Waals surface area contributed by atoms with Crippen molar-refractivity contribution in [3.05, 3.63) is 47.6 Å². The number of hydrogen-bond donors (Lipinski definition) is 0. The van der Waals surface area contributed by atoms with E-state index in [9.17, 15) is 4.39 Å². The summed E-state index contributed by atoms with van der Waals surface area (Å²) in [5.74, 6) is 0.947. The van der Waals surface area contributed by atoms with Gasteiger partial charge in [-0.3, -0.25) is 0 Å². The number of halogens is 1.